The zero-order chi connectivity index (χ0) is 23.1. The van der Waals surface area contributed by atoms with Gasteiger partial charge >= 0.3 is 0 Å². The van der Waals surface area contributed by atoms with Gasteiger partial charge in [-0.25, -0.2) is 0 Å². The summed E-state index contributed by atoms with van der Waals surface area (Å²) in [6.07, 6.45) is 4.41. The molecular weight excluding hydrogens is 410 g/mol. The Bertz CT molecular complexity index is 1130. The predicted molar refractivity (Wildman–Crippen MR) is 131 cm³/mol. The average molecular weight is 440 g/mol. The highest BCUT2D eigenvalue weighted by Gasteiger charge is 2.25. The molecule has 4 heteroatoms. The van der Waals surface area contributed by atoms with Crippen LogP contribution in [-0.2, 0) is 22.6 Å². The second kappa shape index (κ2) is 10.3. The summed E-state index contributed by atoms with van der Waals surface area (Å²) < 4.78 is 5.93. The molecule has 0 aromatic heterocycles. The van der Waals surface area contributed by atoms with Crippen molar-refractivity contribution in [1.82, 2.24) is 5.32 Å². The molecule has 4 rings (SSSR count). The van der Waals surface area contributed by atoms with E-state index in [1.807, 2.05) is 78.9 Å². The van der Waals surface area contributed by atoms with Crippen molar-refractivity contribution in [3.63, 3.8) is 0 Å². The number of amides is 1. The minimum atomic E-state index is -1.01. The van der Waals surface area contributed by atoms with Crippen LogP contribution in [0.4, 0.5) is 0 Å². The van der Waals surface area contributed by atoms with E-state index in [9.17, 15) is 9.90 Å². The van der Waals surface area contributed by atoms with Crippen molar-refractivity contribution in [2.24, 2.45) is 0 Å². The molecule has 168 valence electrons. The second-order valence-electron chi connectivity index (χ2n) is 8.65. The first kappa shape index (κ1) is 22.6. The first-order valence-electron chi connectivity index (χ1n) is 11.2. The monoisotopic (exact) mass is 439 g/mol. The number of benzene rings is 3. The van der Waals surface area contributed by atoms with Crippen LogP contribution < -0.4 is 5.32 Å². The van der Waals surface area contributed by atoms with Gasteiger partial charge in [-0.3, -0.25) is 4.79 Å². The van der Waals surface area contributed by atoms with Crippen LogP contribution in [0.1, 0.15) is 24.5 Å². The van der Waals surface area contributed by atoms with E-state index in [-0.39, 0.29) is 5.91 Å². The van der Waals surface area contributed by atoms with Crippen LogP contribution >= 0.6 is 0 Å². The standard InChI is InChI=1S/C29H29NO3/c1-29(32)18-24(16-27(19-29)33-21-23-8-4-2-5-9-23)20-30-28(31)17-22-12-14-26(15-13-22)25-10-6-3-7-11-25/h2-16,18,32H,17,19-21H2,1H3,(H,30,31). The number of carbonyl (C=O) groups excluding carboxylic acids is 1. The lowest BCUT2D eigenvalue weighted by Gasteiger charge is -2.27. The Morgan fingerprint density at radius 3 is 2.24 bits per heavy atom. The lowest BCUT2D eigenvalue weighted by atomic mass is 9.92. The van der Waals surface area contributed by atoms with Crippen LogP contribution in [0.5, 0.6) is 0 Å². The molecule has 1 unspecified atom stereocenters. The summed E-state index contributed by atoms with van der Waals surface area (Å²) in [4.78, 5) is 12.5. The number of nitrogens with one attached hydrogen (secondary N) is 1. The molecule has 0 saturated heterocycles. The maximum Gasteiger partial charge on any atom is 0.224 e. The van der Waals surface area contributed by atoms with Crippen molar-refractivity contribution in [3.8, 4) is 11.1 Å². The zero-order valence-corrected chi connectivity index (χ0v) is 18.8. The Morgan fingerprint density at radius 2 is 1.55 bits per heavy atom. The van der Waals surface area contributed by atoms with Crippen LogP contribution in [0.3, 0.4) is 0 Å². The smallest absolute Gasteiger partial charge is 0.224 e. The molecule has 0 heterocycles. The van der Waals surface area contributed by atoms with E-state index in [0.717, 1.165) is 27.8 Å². The van der Waals surface area contributed by atoms with Crippen LogP contribution in [0.2, 0.25) is 0 Å². The van der Waals surface area contributed by atoms with Gasteiger partial charge in [0.15, 0.2) is 0 Å². The molecule has 0 fully saturated rings. The summed E-state index contributed by atoms with van der Waals surface area (Å²) >= 11 is 0. The van der Waals surface area contributed by atoms with Gasteiger partial charge in [-0.1, -0.05) is 84.9 Å². The summed E-state index contributed by atoms with van der Waals surface area (Å²) in [6, 6.07) is 28.1. The SMILES string of the molecule is CC1(O)C=C(CNC(=O)Cc2ccc(-c3ccccc3)cc2)C=C(OCc2ccccc2)C1. The molecule has 33 heavy (non-hydrogen) atoms. The van der Waals surface area contributed by atoms with E-state index >= 15 is 0 Å². The van der Waals surface area contributed by atoms with E-state index in [4.69, 9.17) is 4.74 Å². The van der Waals surface area contributed by atoms with Crippen molar-refractivity contribution in [2.75, 3.05) is 6.54 Å². The van der Waals surface area contributed by atoms with Gasteiger partial charge in [-0.2, -0.15) is 0 Å². The molecule has 0 saturated carbocycles. The van der Waals surface area contributed by atoms with E-state index in [1.54, 1.807) is 13.0 Å². The highest BCUT2D eigenvalue weighted by Crippen LogP contribution is 2.27. The summed E-state index contributed by atoms with van der Waals surface area (Å²) in [7, 11) is 0. The summed E-state index contributed by atoms with van der Waals surface area (Å²) in [5.74, 6) is 0.654. The molecule has 0 aliphatic heterocycles. The molecule has 1 aliphatic carbocycles. The lowest BCUT2D eigenvalue weighted by Crippen LogP contribution is -2.31. The molecule has 2 N–H and O–H groups in total. The van der Waals surface area contributed by atoms with Crippen LogP contribution in [0.25, 0.3) is 11.1 Å². The van der Waals surface area contributed by atoms with Gasteiger partial charge in [-0.15, -0.1) is 0 Å². The van der Waals surface area contributed by atoms with Crippen molar-refractivity contribution in [3.05, 3.63) is 120 Å². The fraction of sp³-hybridized carbons (Fsp3) is 0.207. The summed E-state index contributed by atoms with van der Waals surface area (Å²) in [6.45, 7) is 2.54. The maximum absolute atomic E-state index is 12.5. The minimum Gasteiger partial charge on any atom is -0.493 e. The normalized spacial score (nSPS) is 17.6. The van der Waals surface area contributed by atoms with Gasteiger partial charge in [0.05, 0.1) is 17.8 Å². The Morgan fingerprint density at radius 1 is 0.909 bits per heavy atom. The molecule has 1 aliphatic rings. The van der Waals surface area contributed by atoms with E-state index in [2.05, 4.69) is 17.4 Å². The maximum atomic E-state index is 12.5. The molecule has 3 aromatic rings. The molecular formula is C29H29NO3. The number of rotatable bonds is 8. The number of hydrogen-bond acceptors (Lipinski definition) is 3. The Balaban J connectivity index is 1.31. The molecule has 1 amide bonds. The number of hydrogen-bond donors (Lipinski definition) is 2. The number of ether oxygens (including phenoxy) is 1. The van der Waals surface area contributed by atoms with E-state index in [0.29, 0.717) is 31.8 Å². The van der Waals surface area contributed by atoms with Gasteiger partial charge in [-0.05, 0) is 46.9 Å². The lowest BCUT2D eigenvalue weighted by molar-refractivity contribution is -0.120. The summed E-state index contributed by atoms with van der Waals surface area (Å²) in [5.41, 5.74) is 4.14. The molecule has 1 atom stereocenters. The molecule has 4 nitrogen and oxygen atoms in total. The van der Waals surface area contributed by atoms with Gasteiger partial charge in [0, 0.05) is 13.0 Å². The predicted octanol–water partition coefficient (Wildman–Crippen LogP) is 5.19. The largest absolute Gasteiger partial charge is 0.493 e. The fourth-order valence-corrected chi connectivity index (χ4v) is 3.94. The topological polar surface area (TPSA) is 58.6 Å². The van der Waals surface area contributed by atoms with E-state index in [1.165, 1.54) is 0 Å². The van der Waals surface area contributed by atoms with E-state index < -0.39 is 5.60 Å². The number of carbonyl (C=O) groups is 1. The third-order valence-electron chi connectivity index (χ3n) is 5.56. The zero-order valence-electron chi connectivity index (χ0n) is 18.8. The van der Waals surface area contributed by atoms with Crippen molar-refractivity contribution in [1.29, 1.82) is 0 Å². The van der Waals surface area contributed by atoms with Crippen LogP contribution in [0, 0.1) is 0 Å². The second-order valence-corrected chi connectivity index (χ2v) is 8.65. The highest BCUT2D eigenvalue weighted by molar-refractivity contribution is 5.79. The number of aliphatic hydroxyl groups is 1. The van der Waals surface area contributed by atoms with Crippen molar-refractivity contribution >= 4 is 5.91 Å². The van der Waals surface area contributed by atoms with Crippen LogP contribution in [-0.4, -0.2) is 23.2 Å². The van der Waals surface area contributed by atoms with Gasteiger partial charge in [0.2, 0.25) is 5.91 Å². The Kier molecular flexibility index (Phi) is 7.06. The average Bonchev–Trinajstić information content (AvgIpc) is 2.82. The quantitative estimate of drug-likeness (QED) is 0.508. The molecule has 3 aromatic carbocycles. The Labute approximate surface area is 195 Å². The summed E-state index contributed by atoms with van der Waals surface area (Å²) in [5, 5.41) is 13.6. The first-order chi connectivity index (χ1) is 16.0. The third-order valence-corrected chi connectivity index (χ3v) is 5.56. The minimum absolute atomic E-state index is 0.0614. The van der Waals surface area contributed by atoms with Gasteiger partial charge < -0.3 is 15.2 Å². The first-order valence-corrected chi connectivity index (χ1v) is 11.2. The van der Waals surface area contributed by atoms with Gasteiger partial charge in [0.1, 0.15) is 6.61 Å². The third kappa shape index (κ3) is 6.67. The van der Waals surface area contributed by atoms with Crippen molar-refractivity contribution in [2.45, 2.75) is 32.0 Å². The fourth-order valence-electron chi connectivity index (χ4n) is 3.94. The van der Waals surface area contributed by atoms with Gasteiger partial charge in [0.25, 0.3) is 0 Å². The molecule has 0 radical (unpaired) electrons. The highest BCUT2D eigenvalue weighted by atomic mass is 16.5. The Hall–Kier alpha value is -3.63. The van der Waals surface area contributed by atoms with Crippen LogP contribution in [0.15, 0.2) is 108 Å². The molecule has 0 spiro atoms. The molecule has 0 bridgehead atoms. The van der Waals surface area contributed by atoms with Crippen molar-refractivity contribution < 1.29 is 14.6 Å².